The van der Waals surface area contributed by atoms with Crippen LogP contribution in [-0.2, 0) is 6.42 Å². The molecule has 0 spiro atoms. The van der Waals surface area contributed by atoms with E-state index >= 15 is 0 Å². The van der Waals surface area contributed by atoms with Crippen LogP contribution in [0.25, 0.3) is 0 Å². The van der Waals surface area contributed by atoms with E-state index in [1.54, 1.807) is 16.9 Å². The fourth-order valence-corrected chi connectivity index (χ4v) is 1.61. The maximum absolute atomic E-state index is 5.85. The van der Waals surface area contributed by atoms with Gasteiger partial charge in [-0.05, 0) is 23.3 Å². The largest absolute Gasteiger partial charge is 0.397 e. The molecule has 0 aliphatic rings. The van der Waals surface area contributed by atoms with Gasteiger partial charge in [0.2, 0.25) is 5.75 Å². The average molecular weight is 233 g/mol. The third-order valence-corrected chi connectivity index (χ3v) is 2.51. The molecule has 0 unspecified atom stereocenters. The second-order valence-electron chi connectivity index (χ2n) is 3.83. The summed E-state index contributed by atoms with van der Waals surface area (Å²) in [4.78, 5) is 8.82. The van der Waals surface area contributed by atoms with Crippen molar-refractivity contribution in [2.24, 2.45) is 0 Å². The normalized spacial score (nSPS) is 10.4. The number of nitrogen functional groups attached to an aromatic ring is 2. The molecular formula is C12H17N4O+. The summed E-state index contributed by atoms with van der Waals surface area (Å²) in [5, 5.41) is 0. The Morgan fingerprint density at radius 3 is 2.94 bits per heavy atom. The minimum atomic E-state index is 0.462. The minimum Gasteiger partial charge on any atom is -0.397 e. The smallest absolute Gasteiger partial charge is 0.294 e. The SMILES string of the molecule is CCCc1[nH]cc[n+]1Oc1cccc(N)c1N. The van der Waals surface area contributed by atoms with Crippen molar-refractivity contribution in [1.82, 2.24) is 4.98 Å². The van der Waals surface area contributed by atoms with Crippen molar-refractivity contribution in [3.8, 4) is 5.75 Å². The summed E-state index contributed by atoms with van der Waals surface area (Å²) in [6, 6.07) is 5.35. The molecule has 0 saturated carbocycles. The number of nitrogens with two attached hydrogens (primary N) is 2. The fraction of sp³-hybridized carbons (Fsp3) is 0.250. The molecule has 5 N–H and O–H groups in total. The maximum atomic E-state index is 5.85. The molecule has 0 radical (unpaired) electrons. The minimum absolute atomic E-state index is 0.462. The van der Waals surface area contributed by atoms with Gasteiger partial charge in [0.05, 0.1) is 12.1 Å². The maximum Gasteiger partial charge on any atom is 0.294 e. The Balaban J connectivity index is 2.25. The quantitative estimate of drug-likeness (QED) is 0.549. The van der Waals surface area contributed by atoms with Gasteiger partial charge in [-0.2, -0.15) is 0 Å². The summed E-state index contributed by atoms with van der Waals surface area (Å²) < 4.78 is 1.68. The van der Waals surface area contributed by atoms with Gasteiger partial charge in [-0.3, -0.25) is 4.84 Å². The number of aryl methyl sites for hydroxylation is 1. The molecule has 0 fully saturated rings. The van der Waals surface area contributed by atoms with Crippen LogP contribution in [0.2, 0.25) is 0 Å². The lowest BCUT2D eigenvalue weighted by Crippen LogP contribution is -2.41. The molecule has 0 saturated heterocycles. The number of hydrogen-bond donors (Lipinski definition) is 3. The predicted octanol–water partition coefficient (Wildman–Crippen LogP) is 1.26. The van der Waals surface area contributed by atoms with Crippen molar-refractivity contribution in [3.63, 3.8) is 0 Å². The molecule has 1 aromatic heterocycles. The number of hydrogen-bond acceptors (Lipinski definition) is 3. The van der Waals surface area contributed by atoms with Crippen LogP contribution in [0, 0.1) is 0 Å². The summed E-state index contributed by atoms with van der Waals surface area (Å²) >= 11 is 0. The van der Waals surface area contributed by atoms with E-state index in [1.165, 1.54) is 0 Å². The summed E-state index contributed by atoms with van der Waals surface area (Å²) in [7, 11) is 0. The third kappa shape index (κ3) is 2.33. The Labute approximate surface area is 100.0 Å². The Morgan fingerprint density at radius 2 is 2.18 bits per heavy atom. The topological polar surface area (TPSA) is 80.9 Å². The van der Waals surface area contributed by atoms with Crippen molar-refractivity contribution < 1.29 is 9.57 Å². The average Bonchev–Trinajstić information content (AvgIpc) is 2.73. The molecule has 90 valence electrons. The molecule has 0 amide bonds. The predicted molar refractivity (Wildman–Crippen MR) is 66.3 cm³/mol. The highest BCUT2D eigenvalue weighted by Gasteiger charge is 2.13. The van der Waals surface area contributed by atoms with Gasteiger partial charge in [0.15, 0.2) is 6.20 Å². The number of nitrogens with one attached hydrogen (secondary N) is 1. The number of H-pyrrole nitrogens is 1. The molecule has 5 nitrogen and oxygen atoms in total. The van der Waals surface area contributed by atoms with Gasteiger partial charge < -0.3 is 11.5 Å². The van der Waals surface area contributed by atoms with Gasteiger partial charge in [0, 0.05) is 0 Å². The summed E-state index contributed by atoms with van der Waals surface area (Å²) in [5.74, 6) is 1.56. The van der Waals surface area contributed by atoms with Crippen LogP contribution in [0.15, 0.2) is 30.6 Å². The number of aromatic nitrogens is 2. The molecule has 2 aromatic rings. The molecule has 0 bridgehead atoms. The lowest BCUT2D eigenvalue weighted by atomic mass is 10.2. The highest BCUT2D eigenvalue weighted by atomic mass is 16.7. The van der Waals surface area contributed by atoms with Crippen molar-refractivity contribution in [1.29, 1.82) is 0 Å². The molecular weight excluding hydrogens is 216 g/mol. The Bertz CT molecular complexity index is 507. The fourth-order valence-electron chi connectivity index (χ4n) is 1.61. The van der Waals surface area contributed by atoms with Crippen molar-refractivity contribution in [2.45, 2.75) is 19.8 Å². The van der Waals surface area contributed by atoms with E-state index < -0.39 is 0 Å². The van der Waals surface area contributed by atoms with Gasteiger partial charge in [0.25, 0.3) is 5.82 Å². The standard InChI is InChI=1S/C12H16N4O/c1-2-4-11-15-7-8-16(11)17-10-6-3-5-9(13)12(10)14/h3,5-8H,2,4,13-14H2,1H3/p+1. The van der Waals surface area contributed by atoms with E-state index in [9.17, 15) is 0 Å². The number of rotatable bonds is 4. The van der Waals surface area contributed by atoms with Crippen LogP contribution in [0.3, 0.4) is 0 Å². The zero-order valence-corrected chi connectivity index (χ0v) is 9.81. The second kappa shape index (κ2) is 4.78. The van der Waals surface area contributed by atoms with E-state index in [4.69, 9.17) is 16.3 Å². The van der Waals surface area contributed by atoms with E-state index in [0.717, 1.165) is 18.7 Å². The summed E-state index contributed by atoms with van der Waals surface area (Å²) in [6.45, 7) is 2.11. The zero-order chi connectivity index (χ0) is 12.3. The van der Waals surface area contributed by atoms with Gasteiger partial charge in [-0.15, -0.1) is 0 Å². The molecule has 0 aliphatic carbocycles. The van der Waals surface area contributed by atoms with Crippen LogP contribution in [0.1, 0.15) is 19.2 Å². The van der Waals surface area contributed by atoms with Gasteiger partial charge in [0.1, 0.15) is 11.9 Å². The summed E-state index contributed by atoms with van der Waals surface area (Å²) in [6.07, 6.45) is 5.59. The summed E-state index contributed by atoms with van der Waals surface area (Å²) in [5.41, 5.74) is 12.6. The number of benzene rings is 1. The first-order chi connectivity index (χ1) is 8.22. The van der Waals surface area contributed by atoms with Crippen LogP contribution in [0.4, 0.5) is 11.4 Å². The zero-order valence-electron chi connectivity index (χ0n) is 9.81. The van der Waals surface area contributed by atoms with Gasteiger partial charge in [-0.25, -0.2) is 4.98 Å². The van der Waals surface area contributed by atoms with Crippen LogP contribution >= 0.6 is 0 Å². The Morgan fingerprint density at radius 1 is 1.35 bits per heavy atom. The van der Waals surface area contributed by atoms with Crippen molar-refractivity contribution in [2.75, 3.05) is 11.5 Å². The van der Waals surface area contributed by atoms with Crippen LogP contribution in [0.5, 0.6) is 5.75 Å². The molecule has 2 rings (SSSR count). The van der Waals surface area contributed by atoms with Gasteiger partial charge >= 0.3 is 0 Å². The van der Waals surface area contributed by atoms with Crippen molar-refractivity contribution >= 4 is 11.4 Å². The lowest BCUT2D eigenvalue weighted by Gasteiger charge is -2.06. The second-order valence-corrected chi connectivity index (χ2v) is 3.83. The molecule has 17 heavy (non-hydrogen) atoms. The Hall–Kier alpha value is -2.17. The van der Waals surface area contributed by atoms with Crippen LogP contribution < -0.4 is 21.0 Å². The number of anilines is 2. The van der Waals surface area contributed by atoms with E-state index in [2.05, 4.69) is 11.9 Å². The Kier molecular flexibility index (Phi) is 3.18. The number of para-hydroxylation sites is 1. The molecule has 1 aromatic carbocycles. The lowest BCUT2D eigenvalue weighted by molar-refractivity contribution is -0.879. The first-order valence-electron chi connectivity index (χ1n) is 5.62. The molecule has 1 heterocycles. The van der Waals surface area contributed by atoms with E-state index in [0.29, 0.717) is 17.1 Å². The third-order valence-electron chi connectivity index (χ3n) is 2.51. The number of imidazole rings is 1. The first kappa shape index (κ1) is 11.3. The van der Waals surface area contributed by atoms with Crippen LogP contribution in [-0.4, -0.2) is 4.98 Å². The molecule has 0 aliphatic heterocycles. The highest BCUT2D eigenvalue weighted by Crippen LogP contribution is 2.25. The van der Waals surface area contributed by atoms with Gasteiger partial charge in [-0.1, -0.05) is 13.0 Å². The van der Waals surface area contributed by atoms with E-state index in [-0.39, 0.29) is 0 Å². The van der Waals surface area contributed by atoms with E-state index in [1.807, 2.05) is 18.5 Å². The first-order valence-corrected chi connectivity index (χ1v) is 5.62. The van der Waals surface area contributed by atoms with Crippen molar-refractivity contribution in [3.05, 3.63) is 36.4 Å². The number of aromatic amines is 1. The molecule has 0 atom stereocenters. The highest BCUT2D eigenvalue weighted by molar-refractivity contribution is 5.70. The number of nitrogens with zero attached hydrogens (tertiary/aromatic N) is 1. The monoisotopic (exact) mass is 233 g/mol. The molecule has 5 heteroatoms.